The molecule has 2 saturated heterocycles. The van der Waals surface area contributed by atoms with Gasteiger partial charge in [-0.05, 0) is 19.1 Å². The van der Waals surface area contributed by atoms with Gasteiger partial charge in [-0.3, -0.25) is 4.90 Å². The molecule has 0 aromatic heterocycles. The number of piperidine rings is 1. The van der Waals surface area contributed by atoms with Crippen molar-refractivity contribution in [3.05, 3.63) is 29.0 Å². The van der Waals surface area contributed by atoms with Gasteiger partial charge < -0.3 is 39.1 Å². The summed E-state index contributed by atoms with van der Waals surface area (Å²) in [4.78, 5) is 28.1. The van der Waals surface area contributed by atoms with Gasteiger partial charge in [0, 0.05) is 43.7 Å². The van der Waals surface area contributed by atoms with E-state index in [9.17, 15) is 9.59 Å². The van der Waals surface area contributed by atoms with Crippen molar-refractivity contribution < 1.29 is 38.0 Å². The van der Waals surface area contributed by atoms with Crippen LogP contribution >= 0.6 is 0 Å². The number of nitrogens with one attached hydrogen (secondary N) is 2. The summed E-state index contributed by atoms with van der Waals surface area (Å²) in [6.07, 6.45) is 1.43. The lowest BCUT2D eigenvalue weighted by molar-refractivity contribution is -0.184. The number of esters is 1. The number of hydrogen-bond donors (Lipinski definition) is 2. The molecule has 0 radical (unpaired) electrons. The third kappa shape index (κ3) is 5.02. The predicted molar refractivity (Wildman–Crippen MR) is 124 cm³/mol. The van der Waals surface area contributed by atoms with Crippen LogP contribution in [0.2, 0.25) is 0 Å². The number of hydrogen-bond acceptors (Lipinski definition) is 9. The summed E-state index contributed by atoms with van der Waals surface area (Å²) in [5.41, 5.74) is 1.34. The molecular weight excluding hydrogens is 458 g/mol. The number of likely N-dealkylation sites (tertiary alicyclic amines) is 1. The molecule has 2 amide bonds. The molecule has 11 nitrogen and oxygen atoms in total. The van der Waals surface area contributed by atoms with Crippen LogP contribution in [0.1, 0.15) is 31.4 Å². The van der Waals surface area contributed by atoms with E-state index >= 15 is 0 Å². The van der Waals surface area contributed by atoms with Gasteiger partial charge in [-0.25, -0.2) is 9.59 Å². The highest BCUT2D eigenvalue weighted by Crippen LogP contribution is 2.44. The molecule has 11 heteroatoms. The molecular formula is C24H33N3O8. The second-order valence-electron chi connectivity index (χ2n) is 8.45. The Hall–Kier alpha value is -3.02. The van der Waals surface area contributed by atoms with Gasteiger partial charge in [0.25, 0.3) is 0 Å². The first-order chi connectivity index (χ1) is 16.9. The second-order valence-corrected chi connectivity index (χ2v) is 8.45. The quantitative estimate of drug-likeness (QED) is 0.524. The number of urea groups is 1. The molecule has 35 heavy (non-hydrogen) atoms. The number of ether oxygens (including phenoxy) is 6. The van der Waals surface area contributed by atoms with Crippen LogP contribution in [0, 0.1) is 0 Å². The number of amides is 2. The summed E-state index contributed by atoms with van der Waals surface area (Å²) in [6.45, 7) is 4.92. The standard InChI is InChI=1S/C24H33N3O8/c1-5-33-22(28)18-16(14-27-10-8-24(9-11-27)34-12-13-35-24)25-23(29)26-19(18)15-6-7-17(30-2)21(32-4)20(15)31-3/h6-7,19H,5,8-14H2,1-4H3,(H2,25,26,29). The topological polar surface area (TPSA) is 117 Å². The summed E-state index contributed by atoms with van der Waals surface area (Å²) in [7, 11) is 4.52. The monoisotopic (exact) mass is 491 g/mol. The summed E-state index contributed by atoms with van der Waals surface area (Å²) in [5, 5.41) is 5.68. The summed E-state index contributed by atoms with van der Waals surface area (Å²) in [5.74, 6) is 0.155. The van der Waals surface area contributed by atoms with Crippen molar-refractivity contribution in [2.45, 2.75) is 31.6 Å². The van der Waals surface area contributed by atoms with Crippen LogP contribution in [0.15, 0.2) is 23.4 Å². The molecule has 1 aromatic rings. The Morgan fingerprint density at radius 2 is 1.77 bits per heavy atom. The van der Waals surface area contributed by atoms with Gasteiger partial charge in [-0.15, -0.1) is 0 Å². The molecule has 3 heterocycles. The summed E-state index contributed by atoms with van der Waals surface area (Å²) in [6, 6.07) is 2.21. The zero-order chi connectivity index (χ0) is 25.0. The number of nitrogens with zero attached hydrogens (tertiary/aromatic N) is 1. The molecule has 0 bridgehead atoms. The lowest BCUT2D eigenvalue weighted by Crippen LogP contribution is -2.51. The summed E-state index contributed by atoms with van der Waals surface area (Å²) >= 11 is 0. The fraction of sp³-hybridized carbons (Fsp3) is 0.583. The van der Waals surface area contributed by atoms with E-state index in [4.69, 9.17) is 28.4 Å². The second kappa shape index (κ2) is 10.7. The Kier molecular flexibility index (Phi) is 7.68. The predicted octanol–water partition coefficient (Wildman–Crippen LogP) is 1.72. The van der Waals surface area contributed by atoms with Crippen molar-refractivity contribution in [1.82, 2.24) is 15.5 Å². The number of carbonyl (C=O) groups excluding carboxylic acids is 2. The van der Waals surface area contributed by atoms with E-state index in [1.54, 1.807) is 19.1 Å². The van der Waals surface area contributed by atoms with Crippen molar-refractivity contribution in [3.8, 4) is 17.2 Å². The van der Waals surface area contributed by atoms with Crippen molar-refractivity contribution in [1.29, 1.82) is 0 Å². The molecule has 1 spiro atoms. The fourth-order valence-electron chi connectivity index (χ4n) is 4.84. The zero-order valence-corrected chi connectivity index (χ0v) is 20.6. The Morgan fingerprint density at radius 3 is 2.37 bits per heavy atom. The minimum absolute atomic E-state index is 0.195. The molecule has 4 rings (SSSR count). The Balaban J connectivity index is 1.70. The van der Waals surface area contributed by atoms with Gasteiger partial charge in [0.05, 0.1) is 52.8 Å². The highest BCUT2D eigenvalue weighted by Gasteiger charge is 2.41. The van der Waals surface area contributed by atoms with E-state index in [1.807, 2.05) is 0 Å². The average Bonchev–Trinajstić information content (AvgIpc) is 3.32. The van der Waals surface area contributed by atoms with Crippen molar-refractivity contribution in [2.24, 2.45) is 0 Å². The first kappa shape index (κ1) is 25.1. The van der Waals surface area contributed by atoms with E-state index in [-0.39, 0.29) is 6.61 Å². The number of rotatable bonds is 8. The van der Waals surface area contributed by atoms with Gasteiger partial charge in [0.2, 0.25) is 5.75 Å². The van der Waals surface area contributed by atoms with Gasteiger partial charge in [-0.2, -0.15) is 0 Å². The molecule has 1 atom stereocenters. The molecule has 2 N–H and O–H groups in total. The SMILES string of the molecule is CCOC(=O)C1=C(CN2CCC3(CC2)OCCO3)NC(=O)NC1c1ccc(OC)c(OC)c1OC. The molecule has 3 aliphatic rings. The largest absolute Gasteiger partial charge is 0.493 e. The van der Waals surface area contributed by atoms with Gasteiger partial charge in [0.1, 0.15) is 0 Å². The Labute approximate surface area is 204 Å². The smallest absolute Gasteiger partial charge is 0.338 e. The highest BCUT2D eigenvalue weighted by molar-refractivity contribution is 5.95. The molecule has 192 valence electrons. The van der Waals surface area contributed by atoms with Crippen LogP contribution in [-0.2, 0) is 19.0 Å². The zero-order valence-electron chi connectivity index (χ0n) is 20.6. The fourth-order valence-corrected chi connectivity index (χ4v) is 4.84. The normalized spacial score (nSPS) is 21.9. The molecule has 3 aliphatic heterocycles. The maximum Gasteiger partial charge on any atom is 0.338 e. The molecule has 1 unspecified atom stereocenters. The molecule has 0 saturated carbocycles. The maximum absolute atomic E-state index is 13.2. The van der Waals surface area contributed by atoms with Crippen molar-refractivity contribution >= 4 is 12.0 Å². The van der Waals surface area contributed by atoms with Crippen LogP contribution in [-0.4, -0.2) is 83.5 Å². The van der Waals surface area contributed by atoms with Crippen LogP contribution in [0.5, 0.6) is 17.2 Å². The first-order valence-corrected chi connectivity index (χ1v) is 11.7. The van der Waals surface area contributed by atoms with Gasteiger partial charge in [0.15, 0.2) is 17.3 Å². The molecule has 2 fully saturated rings. The lowest BCUT2D eigenvalue weighted by atomic mass is 9.93. The Morgan fingerprint density at radius 1 is 1.09 bits per heavy atom. The average molecular weight is 492 g/mol. The first-order valence-electron chi connectivity index (χ1n) is 11.7. The number of carbonyl (C=O) groups is 2. The number of methoxy groups -OCH3 is 3. The number of benzene rings is 1. The van der Waals surface area contributed by atoms with E-state index < -0.39 is 23.8 Å². The van der Waals surface area contributed by atoms with Gasteiger partial charge >= 0.3 is 12.0 Å². The third-order valence-electron chi connectivity index (χ3n) is 6.51. The summed E-state index contributed by atoms with van der Waals surface area (Å²) < 4.78 is 33.6. The van der Waals surface area contributed by atoms with Crippen molar-refractivity contribution in [2.75, 3.05) is 60.8 Å². The minimum atomic E-state index is -0.815. The van der Waals surface area contributed by atoms with E-state index in [0.717, 1.165) is 0 Å². The maximum atomic E-state index is 13.2. The van der Waals surface area contributed by atoms with Crippen LogP contribution in [0.3, 0.4) is 0 Å². The van der Waals surface area contributed by atoms with E-state index in [1.165, 1.54) is 21.3 Å². The van der Waals surface area contributed by atoms with E-state index in [0.29, 0.717) is 79.8 Å². The highest BCUT2D eigenvalue weighted by atomic mass is 16.7. The molecule has 1 aromatic carbocycles. The van der Waals surface area contributed by atoms with Crippen LogP contribution in [0.25, 0.3) is 0 Å². The minimum Gasteiger partial charge on any atom is -0.493 e. The third-order valence-corrected chi connectivity index (χ3v) is 6.51. The lowest BCUT2D eigenvalue weighted by Gasteiger charge is -2.39. The van der Waals surface area contributed by atoms with E-state index in [2.05, 4.69) is 15.5 Å². The van der Waals surface area contributed by atoms with Gasteiger partial charge in [-0.1, -0.05) is 0 Å². The van der Waals surface area contributed by atoms with Crippen LogP contribution in [0.4, 0.5) is 4.79 Å². The molecule has 0 aliphatic carbocycles. The van der Waals surface area contributed by atoms with Crippen LogP contribution < -0.4 is 24.8 Å². The Bertz CT molecular complexity index is 979. The van der Waals surface area contributed by atoms with Crippen molar-refractivity contribution in [3.63, 3.8) is 0 Å².